The van der Waals surface area contributed by atoms with Crippen molar-refractivity contribution in [3.05, 3.63) is 124 Å². The van der Waals surface area contributed by atoms with Crippen LogP contribution in [-0.2, 0) is 26.3 Å². The molecule has 0 unspecified atom stereocenters. The third-order valence-electron chi connectivity index (χ3n) is 8.22. The molecule has 1 amide bonds. The van der Waals surface area contributed by atoms with E-state index >= 15 is 0 Å². The van der Waals surface area contributed by atoms with Gasteiger partial charge >= 0.3 is 0 Å². The first-order valence-electron chi connectivity index (χ1n) is 15.3. The van der Waals surface area contributed by atoms with Gasteiger partial charge in [-0.15, -0.1) is 0 Å². The highest BCUT2D eigenvalue weighted by atomic mass is 16.5. The summed E-state index contributed by atoms with van der Waals surface area (Å²) in [6.45, 7) is 8.12. The smallest absolute Gasteiger partial charge is 0.258 e. The molecule has 0 aromatic heterocycles. The van der Waals surface area contributed by atoms with E-state index < -0.39 is 0 Å². The van der Waals surface area contributed by atoms with Crippen LogP contribution in [-0.4, -0.2) is 30.0 Å². The molecule has 4 aromatic carbocycles. The second-order valence-corrected chi connectivity index (χ2v) is 11.7. The minimum atomic E-state index is -0.0448. The Balaban J connectivity index is 1.25. The molecule has 0 aliphatic carbocycles. The highest BCUT2D eigenvalue weighted by molar-refractivity contribution is 5.98. The van der Waals surface area contributed by atoms with Crippen molar-refractivity contribution in [3.63, 3.8) is 0 Å². The largest absolute Gasteiger partial charge is 0.490 e. The third kappa shape index (κ3) is 7.03. The van der Waals surface area contributed by atoms with Crippen LogP contribution in [0.1, 0.15) is 70.8 Å². The maximum atomic E-state index is 14.2. The van der Waals surface area contributed by atoms with E-state index in [9.17, 15) is 4.79 Å². The standard InChI is InChI=1S/C37H40N2O4/c1-26(2)33-20-34(37(40)39-22-29-13-14-32(19-30(29)23-39)43-31-15-17-38-18-16-31)36(42-25-28-11-7-4-8-12-28)21-35(33)41-24-27-9-5-3-6-10-27/h3-14,19-21,26,31,38H,15-18,22-25H2,1-2H3. The number of fused-ring (bicyclic) bond motifs is 1. The van der Waals surface area contributed by atoms with Gasteiger partial charge in [0.25, 0.3) is 5.91 Å². The number of benzene rings is 4. The lowest BCUT2D eigenvalue weighted by Crippen LogP contribution is -2.34. The SMILES string of the molecule is CC(C)c1cc(C(=O)N2Cc3ccc(OC4CCNCC4)cc3C2)c(OCc2ccccc2)cc1OCc1ccccc1. The van der Waals surface area contributed by atoms with Gasteiger partial charge in [-0.1, -0.05) is 80.6 Å². The number of ether oxygens (including phenoxy) is 3. The molecule has 222 valence electrons. The van der Waals surface area contributed by atoms with E-state index in [0.717, 1.165) is 65.2 Å². The van der Waals surface area contributed by atoms with Gasteiger partial charge in [0.15, 0.2) is 0 Å². The van der Waals surface area contributed by atoms with Crippen LogP contribution in [0.15, 0.2) is 91.0 Å². The van der Waals surface area contributed by atoms with E-state index in [1.165, 1.54) is 0 Å². The van der Waals surface area contributed by atoms with Crippen molar-refractivity contribution in [1.29, 1.82) is 0 Å². The lowest BCUT2D eigenvalue weighted by Gasteiger charge is -2.24. The van der Waals surface area contributed by atoms with Crippen molar-refractivity contribution in [1.82, 2.24) is 10.2 Å². The Morgan fingerprint density at radius 1 is 0.791 bits per heavy atom. The predicted molar refractivity (Wildman–Crippen MR) is 169 cm³/mol. The molecule has 6 nitrogen and oxygen atoms in total. The topological polar surface area (TPSA) is 60.0 Å². The summed E-state index contributed by atoms with van der Waals surface area (Å²) in [7, 11) is 0. The highest BCUT2D eigenvalue weighted by Crippen LogP contribution is 2.37. The molecule has 0 saturated carbocycles. The number of nitrogens with zero attached hydrogens (tertiary/aromatic N) is 1. The summed E-state index contributed by atoms with van der Waals surface area (Å²) in [4.78, 5) is 16.1. The van der Waals surface area contributed by atoms with Crippen LogP contribution in [0.2, 0.25) is 0 Å². The molecule has 0 radical (unpaired) electrons. The van der Waals surface area contributed by atoms with Crippen LogP contribution in [0.4, 0.5) is 0 Å². The van der Waals surface area contributed by atoms with Crippen LogP contribution >= 0.6 is 0 Å². The summed E-state index contributed by atoms with van der Waals surface area (Å²) in [6.07, 6.45) is 2.26. The van der Waals surface area contributed by atoms with Gasteiger partial charge < -0.3 is 24.4 Å². The van der Waals surface area contributed by atoms with Crippen LogP contribution in [0, 0.1) is 0 Å². The fraction of sp³-hybridized carbons (Fsp3) is 0.324. The normalized spacial score (nSPS) is 14.9. The maximum absolute atomic E-state index is 14.2. The third-order valence-corrected chi connectivity index (χ3v) is 8.22. The molecular formula is C37H40N2O4. The van der Waals surface area contributed by atoms with Gasteiger partial charge in [-0.2, -0.15) is 0 Å². The Hall–Kier alpha value is -4.29. The van der Waals surface area contributed by atoms with Crippen LogP contribution < -0.4 is 19.5 Å². The minimum absolute atomic E-state index is 0.0448. The van der Waals surface area contributed by atoms with E-state index in [1.54, 1.807) is 0 Å². The second kappa shape index (κ2) is 13.3. The molecule has 1 fully saturated rings. The lowest BCUT2D eigenvalue weighted by atomic mass is 9.98. The van der Waals surface area contributed by atoms with Crippen LogP contribution in [0.25, 0.3) is 0 Å². The van der Waals surface area contributed by atoms with Gasteiger partial charge in [0, 0.05) is 19.2 Å². The fourth-order valence-corrected chi connectivity index (χ4v) is 5.78. The first-order valence-corrected chi connectivity index (χ1v) is 15.3. The fourth-order valence-electron chi connectivity index (χ4n) is 5.78. The van der Waals surface area contributed by atoms with Crippen LogP contribution in [0.3, 0.4) is 0 Å². The van der Waals surface area contributed by atoms with Crippen molar-refractivity contribution < 1.29 is 19.0 Å². The molecule has 0 spiro atoms. The molecule has 43 heavy (non-hydrogen) atoms. The molecule has 6 heteroatoms. The quantitative estimate of drug-likeness (QED) is 0.215. The van der Waals surface area contributed by atoms with Crippen molar-refractivity contribution >= 4 is 5.91 Å². The summed E-state index contributed by atoms with van der Waals surface area (Å²) in [5, 5.41) is 3.39. The average molecular weight is 577 g/mol. The van der Waals surface area contributed by atoms with Crippen molar-refractivity contribution in [2.24, 2.45) is 0 Å². The Morgan fingerprint density at radius 2 is 1.42 bits per heavy atom. The molecule has 1 saturated heterocycles. The van der Waals surface area contributed by atoms with E-state index in [2.05, 4.69) is 31.3 Å². The Morgan fingerprint density at radius 3 is 2.07 bits per heavy atom. The predicted octanol–water partition coefficient (Wildman–Crippen LogP) is 7.25. The summed E-state index contributed by atoms with van der Waals surface area (Å²) < 4.78 is 19.0. The van der Waals surface area contributed by atoms with Gasteiger partial charge in [-0.05, 0) is 77.9 Å². The summed E-state index contributed by atoms with van der Waals surface area (Å²) in [6, 6.07) is 30.3. The van der Waals surface area contributed by atoms with Gasteiger partial charge in [-0.25, -0.2) is 0 Å². The molecule has 2 aliphatic heterocycles. The van der Waals surface area contributed by atoms with Crippen molar-refractivity contribution in [3.8, 4) is 17.2 Å². The van der Waals surface area contributed by atoms with Gasteiger partial charge in [0.1, 0.15) is 36.6 Å². The number of amides is 1. The van der Waals surface area contributed by atoms with Gasteiger partial charge in [0.2, 0.25) is 0 Å². The van der Waals surface area contributed by atoms with E-state index in [4.69, 9.17) is 14.2 Å². The molecule has 2 heterocycles. The molecule has 0 atom stereocenters. The molecule has 4 aromatic rings. The van der Waals surface area contributed by atoms with Crippen LogP contribution in [0.5, 0.6) is 17.2 Å². The van der Waals surface area contributed by atoms with E-state index in [1.807, 2.05) is 83.8 Å². The number of hydrogen-bond donors (Lipinski definition) is 1. The molecule has 1 N–H and O–H groups in total. The van der Waals surface area contributed by atoms with Gasteiger partial charge in [-0.3, -0.25) is 4.79 Å². The number of piperidine rings is 1. The average Bonchev–Trinajstić information content (AvgIpc) is 3.47. The first kappa shape index (κ1) is 28.8. The number of carbonyl (C=O) groups excluding carboxylic acids is 1. The minimum Gasteiger partial charge on any atom is -0.490 e. The second-order valence-electron chi connectivity index (χ2n) is 11.7. The van der Waals surface area contributed by atoms with Crippen molar-refractivity contribution in [2.75, 3.05) is 13.1 Å². The Labute approximate surface area is 254 Å². The number of hydrogen-bond acceptors (Lipinski definition) is 5. The summed E-state index contributed by atoms with van der Waals surface area (Å²) >= 11 is 0. The summed E-state index contributed by atoms with van der Waals surface area (Å²) in [5.74, 6) is 2.27. The number of nitrogens with one attached hydrogen (secondary N) is 1. The molecule has 2 aliphatic rings. The monoisotopic (exact) mass is 576 g/mol. The maximum Gasteiger partial charge on any atom is 0.258 e. The van der Waals surface area contributed by atoms with Crippen molar-refractivity contribution in [2.45, 2.75) is 65.0 Å². The highest BCUT2D eigenvalue weighted by Gasteiger charge is 2.29. The molecule has 6 rings (SSSR count). The Kier molecular flexibility index (Phi) is 8.94. The molecule has 0 bridgehead atoms. The van der Waals surface area contributed by atoms with Gasteiger partial charge in [0.05, 0.1) is 5.56 Å². The number of rotatable bonds is 10. The zero-order valence-electron chi connectivity index (χ0n) is 25.1. The lowest BCUT2D eigenvalue weighted by molar-refractivity contribution is 0.0746. The Bertz CT molecular complexity index is 1530. The van der Waals surface area contributed by atoms with E-state index in [0.29, 0.717) is 37.6 Å². The zero-order valence-corrected chi connectivity index (χ0v) is 25.1. The number of carbonyl (C=O) groups is 1. The summed E-state index contributed by atoms with van der Waals surface area (Å²) in [5.41, 5.74) is 5.97. The molecular weight excluding hydrogens is 536 g/mol. The first-order chi connectivity index (χ1) is 21.0. The zero-order chi connectivity index (χ0) is 29.6. The van der Waals surface area contributed by atoms with E-state index in [-0.39, 0.29) is 17.9 Å².